The molecule has 5 nitrogen and oxygen atoms in total. The van der Waals surface area contributed by atoms with Crippen LogP contribution in [0.3, 0.4) is 0 Å². The second kappa shape index (κ2) is 7.23. The van der Waals surface area contributed by atoms with E-state index < -0.39 is 16.0 Å². The number of para-hydroxylation sites is 1. The average Bonchev–Trinajstić information content (AvgIpc) is 2.49. The Bertz CT molecular complexity index is 878. The zero-order chi connectivity index (χ0) is 17.9. The minimum Gasteiger partial charge on any atom is -0.481 e. The molecule has 0 bridgehead atoms. The van der Waals surface area contributed by atoms with Crippen molar-refractivity contribution in [2.45, 2.75) is 31.6 Å². The summed E-state index contributed by atoms with van der Waals surface area (Å²) in [6.07, 6.45) is 0.171. The zero-order valence-electron chi connectivity index (χ0n) is 13.3. The SMILES string of the molecule is Cc1cc(S(=O)(=O)Nc2ccccc2CCC(=O)O)c(C)cc1Cl. The maximum Gasteiger partial charge on any atom is 0.303 e. The molecule has 128 valence electrons. The highest BCUT2D eigenvalue weighted by molar-refractivity contribution is 7.92. The molecule has 0 saturated carbocycles. The number of halogens is 1. The number of anilines is 1. The van der Waals surface area contributed by atoms with Crippen LogP contribution in [0.1, 0.15) is 23.1 Å². The van der Waals surface area contributed by atoms with E-state index in [-0.39, 0.29) is 17.7 Å². The van der Waals surface area contributed by atoms with Gasteiger partial charge in [0.15, 0.2) is 0 Å². The zero-order valence-corrected chi connectivity index (χ0v) is 14.9. The highest BCUT2D eigenvalue weighted by Crippen LogP contribution is 2.27. The molecule has 2 rings (SSSR count). The Balaban J connectivity index is 2.37. The predicted molar refractivity (Wildman–Crippen MR) is 94.1 cm³/mol. The lowest BCUT2D eigenvalue weighted by Gasteiger charge is -2.14. The standard InChI is InChI=1S/C17H18ClNO4S/c1-11-10-16(12(2)9-14(11)18)24(22,23)19-15-6-4-3-5-13(15)7-8-17(20)21/h3-6,9-10,19H,7-8H2,1-2H3,(H,20,21). The number of sulfonamides is 1. The van der Waals surface area contributed by atoms with E-state index in [0.29, 0.717) is 27.4 Å². The Morgan fingerprint density at radius 1 is 1.17 bits per heavy atom. The van der Waals surface area contributed by atoms with Gasteiger partial charge in [-0.15, -0.1) is 0 Å². The first-order valence-electron chi connectivity index (χ1n) is 7.30. The Kier molecular flexibility index (Phi) is 5.51. The van der Waals surface area contributed by atoms with Crippen LogP contribution < -0.4 is 4.72 Å². The third kappa shape index (κ3) is 4.27. The summed E-state index contributed by atoms with van der Waals surface area (Å²) in [6.45, 7) is 3.41. The Morgan fingerprint density at radius 3 is 2.50 bits per heavy atom. The van der Waals surface area contributed by atoms with Crippen LogP contribution in [-0.4, -0.2) is 19.5 Å². The first-order valence-corrected chi connectivity index (χ1v) is 9.16. The predicted octanol–water partition coefficient (Wildman–Crippen LogP) is 3.77. The van der Waals surface area contributed by atoms with Crippen LogP contribution in [0.5, 0.6) is 0 Å². The summed E-state index contributed by atoms with van der Waals surface area (Å²) >= 11 is 6.02. The third-order valence-corrected chi connectivity index (χ3v) is 5.53. The lowest BCUT2D eigenvalue weighted by molar-refractivity contribution is -0.136. The van der Waals surface area contributed by atoms with Gasteiger partial charge in [0.25, 0.3) is 10.0 Å². The molecule has 0 aromatic heterocycles. The molecule has 0 spiro atoms. The van der Waals surface area contributed by atoms with Gasteiger partial charge in [-0.3, -0.25) is 9.52 Å². The number of carbonyl (C=O) groups is 1. The smallest absolute Gasteiger partial charge is 0.303 e. The number of rotatable bonds is 6. The van der Waals surface area contributed by atoms with Crippen molar-refractivity contribution in [3.8, 4) is 0 Å². The maximum atomic E-state index is 12.7. The van der Waals surface area contributed by atoms with Crippen LogP contribution in [0.2, 0.25) is 5.02 Å². The van der Waals surface area contributed by atoms with Gasteiger partial charge in [-0.05, 0) is 55.2 Å². The van der Waals surface area contributed by atoms with Crippen LogP contribution in [-0.2, 0) is 21.2 Å². The van der Waals surface area contributed by atoms with E-state index in [0.717, 1.165) is 0 Å². The lowest BCUT2D eigenvalue weighted by atomic mass is 10.1. The molecular weight excluding hydrogens is 350 g/mol. The highest BCUT2D eigenvalue weighted by atomic mass is 35.5. The van der Waals surface area contributed by atoms with E-state index in [4.69, 9.17) is 16.7 Å². The Labute approximate surface area is 146 Å². The molecule has 0 aliphatic rings. The van der Waals surface area contributed by atoms with Gasteiger partial charge in [0.05, 0.1) is 10.6 Å². The summed E-state index contributed by atoms with van der Waals surface area (Å²) in [5.74, 6) is -0.933. The van der Waals surface area contributed by atoms with Crippen molar-refractivity contribution < 1.29 is 18.3 Å². The molecular formula is C17H18ClNO4S. The number of hydrogen-bond donors (Lipinski definition) is 2. The summed E-state index contributed by atoms with van der Waals surface area (Å²) < 4.78 is 28.0. The molecule has 2 aromatic rings. The number of aliphatic carboxylic acids is 1. The molecule has 0 heterocycles. The summed E-state index contributed by atoms with van der Waals surface area (Å²) in [7, 11) is -3.80. The van der Waals surface area contributed by atoms with Crippen molar-refractivity contribution in [1.82, 2.24) is 0 Å². The van der Waals surface area contributed by atoms with Gasteiger partial charge in [-0.2, -0.15) is 0 Å². The van der Waals surface area contributed by atoms with Gasteiger partial charge in [-0.25, -0.2) is 8.42 Å². The molecule has 2 N–H and O–H groups in total. The molecule has 2 aromatic carbocycles. The van der Waals surface area contributed by atoms with Crippen molar-refractivity contribution in [1.29, 1.82) is 0 Å². The molecule has 24 heavy (non-hydrogen) atoms. The Hall–Kier alpha value is -2.05. The second-order valence-electron chi connectivity index (χ2n) is 5.52. The maximum absolute atomic E-state index is 12.7. The van der Waals surface area contributed by atoms with E-state index in [1.54, 1.807) is 44.2 Å². The Morgan fingerprint density at radius 2 is 1.83 bits per heavy atom. The molecule has 0 unspecified atom stereocenters. The van der Waals surface area contributed by atoms with Crippen molar-refractivity contribution in [2.75, 3.05) is 4.72 Å². The fraction of sp³-hybridized carbons (Fsp3) is 0.235. The summed E-state index contributed by atoms with van der Waals surface area (Å²) in [4.78, 5) is 10.9. The van der Waals surface area contributed by atoms with Crippen LogP contribution in [0.4, 0.5) is 5.69 Å². The van der Waals surface area contributed by atoms with Crippen LogP contribution in [0.15, 0.2) is 41.3 Å². The molecule has 0 saturated heterocycles. The summed E-state index contributed by atoms with van der Waals surface area (Å²) in [5, 5.41) is 9.33. The highest BCUT2D eigenvalue weighted by Gasteiger charge is 2.19. The third-order valence-electron chi connectivity index (χ3n) is 3.62. The van der Waals surface area contributed by atoms with Gasteiger partial charge in [0, 0.05) is 11.4 Å². The fourth-order valence-corrected chi connectivity index (χ4v) is 3.95. The first kappa shape index (κ1) is 18.3. The number of aryl methyl sites for hydroxylation is 3. The number of hydrogen-bond acceptors (Lipinski definition) is 3. The summed E-state index contributed by atoms with van der Waals surface area (Å²) in [5.41, 5.74) is 2.22. The largest absolute Gasteiger partial charge is 0.481 e. The van der Waals surface area contributed by atoms with E-state index >= 15 is 0 Å². The van der Waals surface area contributed by atoms with Gasteiger partial charge in [0.2, 0.25) is 0 Å². The monoisotopic (exact) mass is 367 g/mol. The van der Waals surface area contributed by atoms with Crippen molar-refractivity contribution in [3.63, 3.8) is 0 Å². The van der Waals surface area contributed by atoms with Crippen LogP contribution >= 0.6 is 11.6 Å². The van der Waals surface area contributed by atoms with Crippen molar-refractivity contribution >= 4 is 33.3 Å². The number of benzene rings is 2. The van der Waals surface area contributed by atoms with E-state index in [1.807, 2.05) is 0 Å². The fourth-order valence-electron chi connectivity index (χ4n) is 2.32. The van der Waals surface area contributed by atoms with Gasteiger partial charge < -0.3 is 5.11 Å². The quantitative estimate of drug-likeness (QED) is 0.813. The minimum atomic E-state index is -3.80. The molecule has 0 aliphatic carbocycles. The molecule has 0 radical (unpaired) electrons. The molecule has 0 aliphatic heterocycles. The van der Waals surface area contributed by atoms with Crippen molar-refractivity contribution in [3.05, 3.63) is 58.1 Å². The molecule has 0 fully saturated rings. The normalized spacial score (nSPS) is 11.3. The number of carboxylic acids is 1. The average molecular weight is 368 g/mol. The van der Waals surface area contributed by atoms with Gasteiger partial charge in [0.1, 0.15) is 0 Å². The van der Waals surface area contributed by atoms with Crippen LogP contribution in [0, 0.1) is 13.8 Å². The van der Waals surface area contributed by atoms with Gasteiger partial charge >= 0.3 is 5.97 Å². The van der Waals surface area contributed by atoms with Crippen molar-refractivity contribution in [2.24, 2.45) is 0 Å². The summed E-state index contributed by atoms with van der Waals surface area (Å²) in [6, 6.07) is 9.91. The molecule has 7 heteroatoms. The van der Waals surface area contributed by atoms with E-state index in [9.17, 15) is 13.2 Å². The van der Waals surface area contributed by atoms with Gasteiger partial charge in [-0.1, -0.05) is 29.8 Å². The topological polar surface area (TPSA) is 83.5 Å². The first-order chi connectivity index (χ1) is 11.2. The molecule has 0 amide bonds. The van der Waals surface area contributed by atoms with E-state index in [2.05, 4.69) is 4.72 Å². The number of carboxylic acid groups (broad SMARTS) is 1. The molecule has 0 atom stereocenters. The minimum absolute atomic E-state index is 0.0716. The second-order valence-corrected chi connectivity index (χ2v) is 7.58. The van der Waals surface area contributed by atoms with Crippen LogP contribution in [0.25, 0.3) is 0 Å². The van der Waals surface area contributed by atoms with E-state index in [1.165, 1.54) is 6.07 Å². The number of nitrogens with one attached hydrogen (secondary N) is 1. The lowest BCUT2D eigenvalue weighted by Crippen LogP contribution is -2.16.